The number of nitrogens with zero attached hydrogens (tertiary/aromatic N) is 1. The molecule has 0 saturated heterocycles. The number of benzene rings is 2. The molecule has 0 aliphatic heterocycles. The van der Waals surface area contributed by atoms with E-state index in [1.807, 2.05) is 0 Å². The van der Waals surface area contributed by atoms with E-state index in [0.717, 1.165) is 6.07 Å². The van der Waals surface area contributed by atoms with E-state index in [9.17, 15) is 19.7 Å². The predicted molar refractivity (Wildman–Crippen MR) is 112 cm³/mol. The molecule has 3 aromatic rings. The molecular weight excluding hydrogens is 408 g/mol. The van der Waals surface area contributed by atoms with E-state index < -0.39 is 16.5 Å². The Hall–Kier alpha value is -3.92. The number of methoxy groups -OCH3 is 2. The van der Waals surface area contributed by atoms with Gasteiger partial charge in [-0.25, -0.2) is 9.59 Å². The van der Waals surface area contributed by atoms with Gasteiger partial charge in [0.2, 0.25) is 0 Å². The van der Waals surface area contributed by atoms with Gasteiger partial charge in [-0.15, -0.1) is 0 Å². The molecule has 0 radical (unpaired) electrons. The quantitative estimate of drug-likeness (QED) is 0.180. The third kappa shape index (κ3) is 5.17. The van der Waals surface area contributed by atoms with Crippen molar-refractivity contribution in [2.45, 2.75) is 6.61 Å². The highest BCUT2D eigenvalue weighted by atomic mass is 16.6. The van der Waals surface area contributed by atoms with Gasteiger partial charge in [0.05, 0.1) is 24.2 Å². The monoisotopic (exact) mass is 428 g/mol. The Bertz CT molecular complexity index is 1170. The Morgan fingerprint density at radius 3 is 2.68 bits per heavy atom. The van der Waals surface area contributed by atoms with Crippen LogP contribution in [0.3, 0.4) is 0 Å². The van der Waals surface area contributed by atoms with Crippen molar-refractivity contribution >= 4 is 28.3 Å². The van der Waals surface area contributed by atoms with E-state index in [-0.39, 0.29) is 23.5 Å². The Balaban J connectivity index is 1.80. The summed E-state index contributed by atoms with van der Waals surface area (Å²) in [4.78, 5) is 35.1. The van der Waals surface area contributed by atoms with Crippen LogP contribution in [0.4, 0.5) is 11.4 Å². The zero-order valence-electron chi connectivity index (χ0n) is 16.9. The first kappa shape index (κ1) is 21.8. The van der Waals surface area contributed by atoms with Crippen LogP contribution in [0.1, 0.15) is 15.9 Å². The van der Waals surface area contributed by atoms with E-state index in [2.05, 4.69) is 5.32 Å². The summed E-state index contributed by atoms with van der Waals surface area (Å²) in [5, 5.41) is 14.8. The van der Waals surface area contributed by atoms with E-state index in [0.29, 0.717) is 35.4 Å². The van der Waals surface area contributed by atoms with Crippen LogP contribution in [-0.2, 0) is 16.1 Å². The number of hydrogen-bond donors (Lipinski definition) is 1. The lowest BCUT2D eigenvalue weighted by Gasteiger charge is -2.10. The van der Waals surface area contributed by atoms with Gasteiger partial charge in [-0.1, -0.05) is 0 Å². The number of carbonyl (C=O) groups excluding carboxylic acids is 1. The molecule has 10 nitrogen and oxygen atoms in total. The molecule has 3 rings (SSSR count). The normalized spacial score (nSPS) is 10.6. The molecule has 0 amide bonds. The van der Waals surface area contributed by atoms with Crippen molar-refractivity contribution in [3.8, 4) is 5.75 Å². The lowest BCUT2D eigenvalue weighted by Crippen LogP contribution is -2.11. The average molecular weight is 428 g/mol. The second-order valence-electron chi connectivity index (χ2n) is 6.44. The van der Waals surface area contributed by atoms with Crippen molar-refractivity contribution in [2.24, 2.45) is 0 Å². The third-order valence-electron chi connectivity index (χ3n) is 4.45. The van der Waals surface area contributed by atoms with E-state index in [1.54, 1.807) is 18.2 Å². The molecular formula is C21H20N2O8. The maximum atomic E-state index is 12.5. The number of ether oxygens (including phenoxy) is 3. The molecule has 0 spiro atoms. The molecule has 0 fully saturated rings. The van der Waals surface area contributed by atoms with Crippen LogP contribution in [0.5, 0.6) is 5.75 Å². The zero-order chi connectivity index (χ0) is 22.4. The van der Waals surface area contributed by atoms with Crippen LogP contribution in [0.2, 0.25) is 0 Å². The Morgan fingerprint density at radius 2 is 1.97 bits per heavy atom. The van der Waals surface area contributed by atoms with E-state index in [4.69, 9.17) is 18.6 Å². The molecule has 0 saturated carbocycles. The second kappa shape index (κ2) is 9.72. The molecule has 2 aromatic carbocycles. The van der Waals surface area contributed by atoms with Crippen molar-refractivity contribution < 1.29 is 28.3 Å². The fraction of sp³-hybridized carbons (Fsp3) is 0.238. The van der Waals surface area contributed by atoms with Crippen LogP contribution < -0.4 is 15.7 Å². The van der Waals surface area contributed by atoms with Crippen LogP contribution in [0, 0.1) is 10.1 Å². The first-order chi connectivity index (χ1) is 14.9. The SMILES string of the molecule is COCCNc1ccc(C(=O)OCc2cc(=O)oc3cc(OC)ccc23)cc1[N+](=O)[O-]. The van der Waals surface area contributed by atoms with Crippen LogP contribution >= 0.6 is 0 Å². The molecule has 0 aliphatic carbocycles. The number of carbonyl (C=O) groups is 1. The van der Waals surface area contributed by atoms with Gasteiger partial charge < -0.3 is 23.9 Å². The minimum Gasteiger partial charge on any atom is -0.497 e. The fourth-order valence-corrected chi connectivity index (χ4v) is 2.93. The summed E-state index contributed by atoms with van der Waals surface area (Å²) in [6.07, 6.45) is 0. The van der Waals surface area contributed by atoms with Crippen molar-refractivity contribution in [1.82, 2.24) is 0 Å². The van der Waals surface area contributed by atoms with Crippen molar-refractivity contribution in [2.75, 3.05) is 32.7 Å². The number of fused-ring (bicyclic) bond motifs is 1. The first-order valence-corrected chi connectivity index (χ1v) is 9.22. The van der Waals surface area contributed by atoms with Gasteiger partial charge in [0.25, 0.3) is 5.69 Å². The molecule has 0 bridgehead atoms. The van der Waals surface area contributed by atoms with Crippen molar-refractivity contribution in [3.63, 3.8) is 0 Å². The summed E-state index contributed by atoms with van der Waals surface area (Å²) < 4.78 is 20.5. The maximum absolute atomic E-state index is 12.5. The van der Waals surface area contributed by atoms with Gasteiger partial charge in [0.15, 0.2) is 0 Å². The minimum absolute atomic E-state index is 0.0120. The van der Waals surface area contributed by atoms with Crippen molar-refractivity contribution in [1.29, 1.82) is 0 Å². The maximum Gasteiger partial charge on any atom is 0.338 e. The summed E-state index contributed by atoms with van der Waals surface area (Å²) in [5.41, 5.74) is 0.143. The number of nitro benzene ring substituents is 1. The number of esters is 1. The lowest BCUT2D eigenvalue weighted by atomic mass is 10.1. The molecule has 31 heavy (non-hydrogen) atoms. The van der Waals surface area contributed by atoms with Crippen molar-refractivity contribution in [3.05, 3.63) is 74.1 Å². The number of anilines is 1. The fourth-order valence-electron chi connectivity index (χ4n) is 2.93. The molecule has 1 heterocycles. The summed E-state index contributed by atoms with van der Waals surface area (Å²) in [6.45, 7) is 0.524. The Labute approximate surface area is 176 Å². The largest absolute Gasteiger partial charge is 0.497 e. The van der Waals surface area contributed by atoms with Gasteiger partial charge in [-0.05, 0) is 24.3 Å². The summed E-state index contributed by atoms with van der Waals surface area (Å²) in [6, 6.07) is 10.2. The molecule has 0 unspecified atom stereocenters. The zero-order valence-corrected chi connectivity index (χ0v) is 16.9. The van der Waals surface area contributed by atoms with E-state index in [1.165, 1.54) is 32.4 Å². The van der Waals surface area contributed by atoms with Crippen LogP contribution in [-0.4, -0.2) is 38.3 Å². The van der Waals surface area contributed by atoms with E-state index >= 15 is 0 Å². The number of nitrogens with one attached hydrogen (secondary N) is 1. The predicted octanol–water partition coefficient (Wildman–Crippen LogP) is 3.13. The average Bonchev–Trinajstić information content (AvgIpc) is 2.76. The van der Waals surface area contributed by atoms with Crippen LogP contribution in [0.15, 0.2) is 51.7 Å². The molecule has 10 heteroatoms. The summed E-state index contributed by atoms with van der Waals surface area (Å²) >= 11 is 0. The number of hydrogen-bond acceptors (Lipinski definition) is 9. The van der Waals surface area contributed by atoms with Gasteiger partial charge >= 0.3 is 11.6 Å². The van der Waals surface area contributed by atoms with Gasteiger partial charge in [-0.3, -0.25) is 10.1 Å². The Kier molecular flexibility index (Phi) is 6.83. The Morgan fingerprint density at radius 1 is 1.16 bits per heavy atom. The summed E-state index contributed by atoms with van der Waals surface area (Å²) in [7, 11) is 3.01. The van der Waals surface area contributed by atoms with Crippen LogP contribution in [0.25, 0.3) is 11.0 Å². The second-order valence-corrected chi connectivity index (χ2v) is 6.44. The molecule has 162 valence electrons. The molecule has 1 N–H and O–H groups in total. The standard InChI is InChI=1S/C21H20N2O8/c1-28-8-7-22-17-6-3-13(9-18(17)23(26)27)21(25)30-12-14-10-20(24)31-19-11-15(29-2)4-5-16(14)19/h3-6,9-11,22H,7-8,12H2,1-2H3. The highest BCUT2D eigenvalue weighted by molar-refractivity contribution is 5.91. The minimum atomic E-state index is -0.763. The van der Waals surface area contributed by atoms with Gasteiger partial charge in [-0.2, -0.15) is 0 Å². The first-order valence-electron chi connectivity index (χ1n) is 9.22. The highest BCUT2D eigenvalue weighted by Gasteiger charge is 2.19. The number of rotatable bonds is 9. The summed E-state index contributed by atoms with van der Waals surface area (Å²) in [5.74, 6) is -0.252. The molecule has 0 atom stereocenters. The third-order valence-corrected chi connectivity index (χ3v) is 4.45. The topological polar surface area (TPSA) is 130 Å². The lowest BCUT2D eigenvalue weighted by molar-refractivity contribution is -0.384. The van der Waals surface area contributed by atoms with Gasteiger partial charge in [0, 0.05) is 42.8 Å². The highest BCUT2D eigenvalue weighted by Crippen LogP contribution is 2.27. The molecule has 0 aliphatic rings. The smallest absolute Gasteiger partial charge is 0.338 e. The molecule has 1 aromatic heterocycles. The number of nitro groups is 1. The van der Waals surface area contributed by atoms with Gasteiger partial charge in [0.1, 0.15) is 23.6 Å².